The monoisotopic (exact) mass is 341 g/mol. The van der Waals surface area contributed by atoms with E-state index in [0.29, 0.717) is 13.2 Å². The average molecular weight is 341 g/mol. The zero-order valence-electron chi connectivity index (χ0n) is 13.4. The number of ether oxygens (including phenoxy) is 1. The topological polar surface area (TPSA) is 92.9 Å². The number of hydrogen-bond donors (Lipinski definition) is 1. The van der Waals surface area contributed by atoms with E-state index in [2.05, 4.69) is 0 Å². The molecule has 0 aromatic heterocycles. The summed E-state index contributed by atoms with van der Waals surface area (Å²) < 4.78 is 28.3. The first kappa shape index (κ1) is 17.7. The molecule has 7 nitrogen and oxygen atoms in total. The molecule has 1 aliphatic heterocycles. The normalized spacial score (nSPS) is 18.7. The van der Waals surface area contributed by atoms with Crippen LogP contribution in [0.1, 0.15) is 12.0 Å². The van der Waals surface area contributed by atoms with Crippen molar-refractivity contribution in [2.24, 2.45) is 5.14 Å². The van der Waals surface area contributed by atoms with E-state index >= 15 is 0 Å². The standard InChI is InChI=1S/C15H23N3O4S/c1-17(2)7-8-22-13-5-3-12(4-6-13)10-18-11-14(9-15(18)19)23(16,20)21/h3-6,14H,7-11H2,1-2H3,(H2,16,20,21). The summed E-state index contributed by atoms with van der Waals surface area (Å²) in [4.78, 5) is 15.4. The summed E-state index contributed by atoms with van der Waals surface area (Å²) in [6, 6.07) is 7.45. The Morgan fingerprint density at radius 3 is 2.48 bits per heavy atom. The maximum Gasteiger partial charge on any atom is 0.224 e. The number of benzene rings is 1. The minimum absolute atomic E-state index is 0.0371. The lowest BCUT2D eigenvalue weighted by atomic mass is 10.2. The molecule has 0 aliphatic carbocycles. The van der Waals surface area contributed by atoms with Crippen molar-refractivity contribution >= 4 is 15.9 Å². The first-order chi connectivity index (χ1) is 10.8. The van der Waals surface area contributed by atoms with Crippen LogP contribution in [0.15, 0.2) is 24.3 Å². The number of hydrogen-bond acceptors (Lipinski definition) is 5. The fourth-order valence-corrected chi connectivity index (χ4v) is 3.13. The van der Waals surface area contributed by atoms with E-state index in [0.717, 1.165) is 17.9 Å². The molecule has 1 aromatic carbocycles. The van der Waals surface area contributed by atoms with Crippen LogP contribution in [0.25, 0.3) is 0 Å². The molecule has 1 saturated heterocycles. The molecule has 128 valence electrons. The van der Waals surface area contributed by atoms with Gasteiger partial charge in [-0.1, -0.05) is 12.1 Å². The van der Waals surface area contributed by atoms with E-state index in [1.807, 2.05) is 43.3 Å². The number of rotatable bonds is 7. The van der Waals surface area contributed by atoms with Gasteiger partial charge in [-0.2, -0.15) is 0 Å². The number of primary sulfonamides is 1. The lowest BCUT2D eigenvalue weighted by Crippen LogP contribution is -2.31. The van der Waals surface area contributed by atoms with E-state index < -0.39 is 15.3 Å². The Morgan fingerprint density at radius 2 is 1.96 bits per heavy atom. The lowest BCUT2D eigenvalue weighted by molar-refractivity contribution is -0.128. The molecule has 1 unspecified atom stereocenters. The molecule has 1 atom stereocenters. The zero-order valence-corrected chi connectivity index (χ0v) is 14.3. The molecule has 0 saturated carbocycles. The largest absolute Gasteiger partial charge is 0.492 e. The number of sulfonamides is 1. The number of likely N-dealkylation sites (N-methyl/N-ethyl adjacent to an activating group) is 1. The molecular weight excluding hydrogens is 318 g/mol. The highest BCUT2D eigenvalue weighted by Gasteiger charge is 2.36. The predicted octanol–water partition coefficient (Wildman–Crippen LogP) is 0.0164. The van der Waals surface area contributed by atoms with Crippen LogP contribution >= 0.6 is 0 Å². The van der Waals surface area contributed by atoms with Crippen LogP contribution in [0, 0.1) is 0 Å². The van der Waals surface area contributed by atoms with E-state index in [4.69, 9.17) is 9.88 Å². The molecule has 1 aliphatic rings. The first-order valence-corrected chi connectivity index (χ1v) is 9.02. The second kappa shape index (κ2) is 7.29. The highest BCUT2D eigenvalue weighted by Crippen LogP contribution is 2.20. The van der Waals surface area contributed by atoms with Gasteiger partial charge in [0.1, 0.15) is 17.6 Å². The van der Waals surface area contributed by atoms with Crippen molar-refractivity contribution in [3.05, 3.63) is 29.8 Å². The fourth-order valence-electron chi connectivity index (χ4n) is 2.37. The van der Waals surface area contributed by atoms with Crippen molar-refractivity contribution in [2.75, 3.05) is 33.8 Å². The predicted molar refractivity (Wildman–Crippen MR) is 87.4 cm³/mol. The Balaban J connectivity index is 1.90. The van der Waals surface area contributed by atoms with Gasteiger partial charge in [-0.15, -0.1) is 0 Å². The maximum absolute atomic E-state index is 11.9. The van der Waals surface area contributed by atoms with Crippen LogP contribution < -0.4 is 9.88 Å². The summed E-state index contributed by atoms with van der Waals surface area (Å²) in [5.41, 5.74) is 0.924. The minimum Gasteiger partial charge on any atom is -0.492 e. The van der Waals surface area contributed by atoms with Gasteiger partial charge in [0.25, 0.3) is 0 Å². The summed E-state index contributed by atoms with van der Waals surface area (Å²) >= 11 is 0. The Labute approximate surface area is 137 Å². The molecule has 1 heterocycles. The first-order valence-electron chi connectivity index (χ1n) is 7.41. The van der Waals surface area contributed by atoms with Gasteiger partial charge in [0, 0.05) is 26.1 Å². The van der Waals surface area contributed by atoms with Crippen molar-refractivity contribution in [1.82, 2.24) is 9.80 Å². The summed E-state index contributed by atoms with van der Waals surface area (Å²) in [6.45, 7) is 1.97. The lowest BCUT2D eigenvalue weighted by Gasteiger charge is -2.17. The van der Waals surface area contributed by atoms with Crippen molar-refractivity contribution in [2.45, 2.75) is 18.2 Å². The number of nitrogens with two attached hydrogens (primary N) is 1. The van der Waals surface area contributed by atoms with Crippen molar-refractivity contribution in [3.63, 3.8) is 0 Å². The molecule has 0 radical (unpaired) electrons. The van der Waals surface area contributed by atoms with Gasteiger partial charge < -0.3 is 14.5 Å². The summed E-state index contributed by atoms with van der Waals surface area (Å²) in [6.07, 6.45) is -0.0371. The average Bonchev–Trinajstić information content (AvgIpc) is 2.82. The summed E-state index contributed by atoms with van der Waals surface area (Å²) in [5.74, 6) is 0.584. The van der Waals surface area contributed by atoms with Gasteiger partial charge in [0.2, 0.25) is 15.9 Å². The number of amides is 1. The second-order valence-electron chi connectivity index (χ2n) is 5.99. The Bertz CT molecular complexity index is 643. The molecule has 8 heteroatoms. The van der Waals surface area contributed by atoms with E-state index in [1.54, 1.807) is 0 Å². The van der Waals surface area contributed by atoms with Crippen molar-refractivity contribution in [3.8, 4) is 5.75 Å². The third kappa shape index (κ3) is 5.19. The van der Waals surface area contributed by atoms with Gasteiger partial charge in [-0.3, -0.25) is 4.79 Å². The van der Waals surface area contributed by atoms with Gasteiger partial charge in [0.15, 0.2) is 0 Å². The van der Waals surface area contributed by atoms with Gasteiger partial charge in [0.05, 0.1) is 0 Å². The smallest absolute Gasteiger partial charge is 0.224 e. The number of likely N-dealkylation sites (tertiary alicyclic amines) is 1. The van der Waals surface area contributed by atoms with Crippen molar-refractivity contribution in [1.29, 1.82) is 0 Å². The van der Waals surface area contributed by atoms with Crippen LogP contribution in [-0.2, 0) is 21.4 Å². The molecule has 2 N–H and O–H groups in total. The molecule has 1 amide bonds. The minimum atomic E-state index is -3.67. The molecule has 0 bridgehead atoms. The third-order valence-corrected chi connectivity index (χ3v) is 4.99. The Kier molecular flexibility index (Phi) is 5.61. The van der Waals surface area contributed by atoms with E-state index in [9.17, 15) is 13.2 Å². The van der Waals surface area contributed by atoms with Crippen molar-refractivity contribution < 1.29 is 17.9 Å². The van der Waals surface area contributed by atoms with Crippen LogP contribution in [0.3, 0.4) is 0 Å². The molecule has 2 rings (SSSR count). The van der Waals surface area contributed by atoms with Gasteiger partial charge in [-0.05, 0) is 31.8 Å². The van der Waals surface area contributed by atoms with Gasteiger partial charge >= 0.3 is 0 Å². The van der Waals surface area contributed by atoms with E-state index in [-0.39, 0.29) is 18.9 Å². The second-order valence-corrected chi connectivity index (χ2v) is 7.83. The summed E-state index contributed by atoms with van der Waals surface area (Å²) in [7, 11) is 0.290. The molecule has 1 aromatic rings. The Hall–Kier alpha value is -1.64. The van der Waals surface area contributed by atoms with E-state index in [1.165, 1.54) is 4.90 Å². The Morgan fingerprint density at radius 1 is 1.30 bits per heavy atom. The van der Waals surface area contributed by atoms with Crippen LogP contribution in [0.4, 0.5) is 0 Å². The van der Waals surface area contributed by atoms with Crippen LogP contribution in [0.2, 0.25) is 0 Å². The number of nitrogens with zero attached hydrogens (tertiary/aromatic N) is 2. The van der Waals surface area contributed by atoms with Crippen LogP contribution in [-0.4, -0.2) is 63.2 Å². The quantitative estimate of drug-likeness (QED) is 0.754. The number of carbonyl (C=O) groups excluding carboxylic acids is 1. The molecule has 1 fully saturated rings. The maximum atomic E-state index is 11.9. The SMILES string of the molecule is CN(C)CCOc1ccc(CN2CC(S(N)(=O)=O)CC2=O)cc1. The highest BCUT2D eigenvalue weighted by molar-refractivity contribution is 7.89. The molecule has 23 heavy (non-hydrogen) atoms. The molecular formula is C15H23N3O4S. The fraction of sp³-hybridized carbons (Fsp3) is 0.533. The third-order valence-electron chi connectivity index (χ3n) is 3.75. The highest BCUT2D eigenvalue weighted by atomic mass is 32.2. The molecule has 0 spiro atoms. The number of carbonyl (C=O) groups is 1. The van der Waals surface area contributed by atoms with Gasteiger partial charge in [-0.25, -0.2) is 13.6 Å². The summed E-state index contributed by atoms with van der Waals surface area (Å²) in [5, 5.41) is 4.32. The van der Waals surface area contributed by atoms with Crippen LogP contribution in [0.5, 0.6) is 5.75 Å². The zero-order chi connectivity index (χ0) is 17.0.